The van der Waals surface area contributed by atoms with Crippen molar-refractivity contribution < 1.29 is 5.11 Å². The number of hydrogen-bond acceptors (Lipinski definition) is 2. The maximum Gasteiger partial charge on any atom is 0.115 e. The second-order valence-electron chi connectivity index (χ2n) is 4.84. The van der Waals surface area contributed by atoms with Gasteiger partial charge in [-0.1, -0.05) is 26.0 Å². The quantitative estimate of drug-likeness (QED) is 0.819. The molecule has 1 saturated heterocycles. The van der Waals surface area contributed by atoms with E-state index in [4.69, 9.17) is 0 Å². The maximum atomic E-state index is 9.33. The van der Waals surface area contributed by atoms with Gasteiger partial charge in [0, 0.05) is 19.0 Å². The highest BCUT2D eigenvalue weighted by Gasteiger charge is 2.40. The van der Waals surface area contributed by atoms with E-state index in [1.54, 1.807) is 12.1 Å². The van der Waals surface area contributed by atoms with Crippen LogP contribution >= 0.6 is 0 Å². The lowest BCUT2D eigenvalue weighted by molar-refractivity contribution is 0.260. The van der Waals surface area contributed by atoms with E-state index in [9.17, 15) is 5.11 Å². The lowest BCUT2D eigenvalue weighted by Gasteiger charge is -2.33. The van der Waals surface area contributed by atoms with E-state index in [0.29, 0.717) is 17.1 Å². The maximum absolute atomic E-state index is 9.33. The first-order valence-electron chi connectivity index (χ1n) is 6.21. The van der Waals surface area contributed by atoms with Gasteiger partial charge in [-0.15, -0.1) is 0 Å². The van der Waals surface area contributed by atoms with Gasteiger partial charge in [0.1, 0.15) is 5.75 Å². The van der Waals surface area contributed by atoms with Gasteiger partial charge >= 0.3 is 0 Å². The van der Waals surface area contributed by atoms with Crippen molar-refractivity contribution in [1.82, 2.24) is 5.32 Å². The summed E-state index contributed by atoms with van der Waals surface area (Å²) in [5.74, 6) is 0.941. The molecule has 1 fully saturated rings. The van der Waals surface area contributed by atoms with E-state index < -0.39 is 0 Å². The third-order valence-electron chi connectivity index (χ3n) is 4.27. The third kappa shape index (κ3) is 1.82. The van der Waals surface area contributed by atoms with E-state index in [1.807, 2.05) is 0 Å². The number of rotatable bonds is 3. The number of nitrogens with one attached hydrogen (secondary N) is 1. The average Bonchev–Trinajstić information content (AvgIpc) is 2.74. The molecule has 0 aliphatic carbocycles. The molecule has 1 aromatic rings. The Bertz CT molecular complexity index is 340. The van der Waals surface area contributed by atoms with Gasteiger partial charge in [0.15, 0.2) is 0 Å². The first-order chi connectivity index (χ1) is 7.72. The fraction of sp³-hybridized carbons (Fsp3) is 0.571. The Hall–Kier alpha value is -1.02. The van der Waals surface area contributed by atoms with Crippen molar-refractivity contribution in [3.8, 4) is 5.75 Å². The van der Waals surface area contributed by atoms with E-state index in [2.05, 4.69) is 31.3 Å². The van der Waals surface area contributed by atoms with Crippen molar-refractivity contribution in [3.63, 3.8) is 0 Å². The Morgan fingerprint density at radius 3 is 2.44 bits per heavy atom. The Morgan fingerprint density at radius 1 is 1.25 bits per heavy atom. The van der Waals surface area contributed by atoms with Gasteiger partial charge in [-0.05, 0) is 36.0 Å². The Labute approximate surface area is 97.7 Å². The summed E-state index contributed by atoms with van der Waals surface area (Å²) < 4.78 is 0. The summed E-state index contributed by atoms with van der Waals surface area (Å²) in [6, 6.07) is 7.72. The monoisotopic (exact) mass is 219 g/mol. The molecular formula is C14H21NO. The van der Waals surface area contributed by atoms with Gasteiger partial charge in [0.25, 0.3) is 0 Å². The van der Waals surface area contributed by atoms with Crippen molar-refractivity contribution in [3.05, 3.63) is 29.8 Å². The van der Waals surface area contributed by atoms with Crippen LogP contribution in [0.2, 0.25) is 0 Å². The molecule has 0 amide bonds. The molecule has 1 aromatic carbocycles. The first-order valence-corrected chi connectivity index (χ1v) is 6.21. The highest BCUT2D eigenvalue weighted by Crippen LogP contribution is 2.44. The normalized spacial score (nSPS) is 23.5. The van der Waals surface area contributed by atoms with Crippen LogP contribution in [0.1, 0.15) is 38.2 Å². The van der Waals surface area contributed by atoms with Crippen LogP contribution in [-0.2, 0) is 0 Å². The third-order valence-corrected chi connectivity index (χ3v) is 4.27. The molecule has 2 rings (SSSR count). The zero-order chi connectivity index (χ0) is 11.6. The molecule has 0 spiro atoms. The molecule has 0 saturated carbocycles. The second kappa shape index (κ2) is 4.46. The van der Waals surface area contributed by atoms with Crippen molar-refractivity contribution in [2.24, 2.45) is 5.41 Å². The van der Waals surface area contributed by atoms with Gasteiger partial charge in [0.2, 0.25) is 0 Å². The minimum absolute atomic E-state index is 0.355. The molecule has 0 unspecified atom stereocenters. The SMILES string of the molecule is CCC1(CC)CNC[C@@H]1c1ccc(O)cc1. The number of aromatic hydroxyl groups is 1. The molecule has 2 N–H and O–H groups in total. The molecule has 0 bridgehead atoms. The number of benzene rings is 1. The van der Waals surface area contributed by atoms with Crippen LogP contribution in [0.5, 0.6) is 5.75 Å². The molecule has 0 aromatic heterocycles. The van der Waals surface area contributed by atoms with Crippen molar-refractivity contribution in [2.45, 2.75) is 32.6 Å². The smallest absolute Gasteiger partial charge is 0.115 e. The van der Waals surface area contributed by atoms with Crippen molar-refractivity contribution >= 4 is 0 Å². The number of hydrogen-bond donors (Lipinski definition) is 2. The minimum atomic E-state index is 0.355. The van der Waals surface area contributed by atoms with Gasteiger partial charge < -0.3 is 10.4 Å². The van der Waals surface area contributed by atoms with Gasteiger partial charge in [-0.25, -0.2) is 0 Å². The fourth-order valence-corrected chi connectivity index (χ4v) is 2.98. The fourth-order valence-electron chi connectivity index (χ4n) is 2.98. The van der Waals surface area contributed by atoms with Crippen LogP contribution in [0.3, 0.4) is 0 Å². The topological polar surface area (TPSA) is 32.3 Å². The highest BCUT2D eigenvalue weighted by atomic mass is 16.3. The molecule has 88 valence electrons. The second-order valence-corrected chi connectivity index (χ2v) is 4.84. The van der Waals surface area contributed by atoms with Crippen LogP contribution in [0, 0.1) is 5.41 Å². The molecule has 1 aliphatic heterocycles. The van der Waals surface area contributed by atoms with Crippen molar-refractivity contribution in [2.75, 3.05) is 13.1 Å². The number of phenolic OH excluding ortho intramolecular Hbond substituents is 1. The summed E-state index contributed by atoms with van der Waals surface area (Å²) >= 11 is 0. The predicted molar refractivity (Wildman–Crippen MR) is 66.7 cm³/mol. The number of phenols is 1. The Morgan fingerprint density at radius 2 is 1.88 bits per heavy atom. The molecule has 0 radical (unpaired) electrons. The highest BCUT2D eigenvalue weighted by molar-refractivity contribution is 5.31. The van der Waals surface area contributed by atoms with Crippen LogP contribution in [0.15, 0.2) is 24.3 Å². The minimum Gasteiger partial charge on any atom is -0.508 e. The standard InChI is InChI=1S/C14H21NO/c1-3-14(4-2)10-15-9-13(14)11-5-7-12(16)8-6-11/h5-8,13,15-16H,3-4,9-10H2,1-2H3/t13-/m1/s1. The summed E-state index contributed by atoms with van der Waals surface area (Å²) in [5.41, 5.74) is 1.75. The van der Waals surface area contributed by atoms with Crippen LogP contribution < -0.4 is 5.32 Å². The average molecular weight is 219 g/mol. The van der Waals surface area contributed by atoms with E-state index in [0.717, 1.165) is 13.1 Å². The van der Waals surface area contributed by atoms with Gasteiger partial charge in [-0.3, -0.25) is 0 Å². The molecule has 1 atom stereocenters. The molecule has 16 heavy (non-hydrogen) atoms. The molecular weight excluding hydrogens is 198 g/mol. The van der Waals surface area contributed by atoms with Crippen LogP contribution in [-0.4, -0.2) is 18.2 Å². The molecule has 2 heteroatoms. The Kier molecular flexibility index (Phi) is 3.20. The molecule has 1 heterocycles. The van der Waals surface area contributed by atoms with E-state index in [-0.39, 0.29) is 0 Å². The summed E-state index contributed by atoms with van der Waals surface area (Å²) in [5, 5.41) is 12.8. The lowest BCUT2D eigenvalue weighted by atomic mass is 9.71. The summed E-state index contributed by atoms with van der Waals surface area (Å²) in [6.45, 7) is 6.74. The van der Waals surface area contributed by atoms with E-state index >= 15 is 0 Å². The van der Waals surface area contributed by atoms with Crippen LogP contribution in [0.4, 0.5) is 0 Å². The zero-order valence-electron chi connectivity index (χ0n) is 10.2. The summed E-state index contributed by atoms with van der Waals surface area (Å²) in [7, 11) is 0. The van der Waals surface area contributed by atoms with Gasteiger partial charge in [-0.2, -0.15) is 0 Å². The summed E-state index contributed by atoms with van der Waals surface area (Å²) in [6.07, 6.45) is 2.42. The lowest BCUT2D eigenvalue weighted by Crippen LogP contribution is -2.27. The molecule has 1 aliphatic rings. The first kappa shape index (κ1) is 11.5. The van der Waals surface area contributed by atoms with E-state index in [1.165, 1.54) is 18.4 Å². The largest absolute Gasteiger partial charge is 0.508 e. The van der Waals surface area contributed by atoms with Crippen molar-refractivity contribution in [1.29, 1.82) is 0 Å². The predicted octanol–water partition coefficient (Wildman–Crippen LogP) is 2.89. The Balaban J connectivity index is 2.29. The summed E-state index contributed by atoms with van der Waals surface area (Å²) in [4.78, 5) is 0. The molecule has 2 nitrogen and oxygen atoms in total. The van der Waals surface area contributed by atoms with Crippen LogP contribution in [0.25, 0.3) is 0 Å². The zero-order valence-corrected chi connectivity index (χ0v) is 10.2. The van der Waals surface area contributed by atoms with Gasteiger partial charge in [0.05, 0.1) is 0 Å².